The van der Waals surface area contributed by atoms with Gasteiger partial charge in [-0.25, -0.2) is 0 Å². The van der Waals surface area contributed by atoms with Gasteiger partial charge < -0.3 is 13.3 Å². The molecule has 0 saturated carbocycles. The van der Waals surface area contributed by atoms with Crippen molar-refractivity contribution in [2.45, 2.75) is 11.0 Å². The van der Waals surface area contributed by atoms with Crippen molar-refractivity contribution >= 4 is 27.7 Å². The first kappa shape index (κ1) is 15.2. The zero-order chi connectivity index (χ0) is 16.4. The van der Waals surface area contributed by atoms with E-state index in [2.05, 4.69) is 36.3 Å². The molecule has 1 aromatic carbocycles. The minimum absolute atomic E-state index is 0.326. The van der Waals surface area contributed by atoms with E-state index in [1.54, 1.807) is 12.1 Å². The van der Waals surface area contributed by atoms with E-state index in [1.165, 1.54) is 11.8 Å². The topological polar surface area (TPSA) is 91.0 Å². The van der Waals surface area contributed by atoms with Crippen LogP contribution in [0.2, 0.25) is 0 Å². The maximum Gasteiger partial charge on any atom is 0.283 e. The monoisotopic (exact) mass is 404 g/mol. The van der Waals surface area contributed by atoms with Gasteiger partial charge in [0.2, 0.25) is 11.8 Å². The summed E-state index contributed by atoms with van der Waals surface area (Å²) >= 11 is 4.56. The number of hydrogen-bond acceptors (Lipinski definition) is 8. The zero-order valence-electron chi connectivity index (χ0n) is 12.0. The van der Waals surface area contributed by atoms with Gasteiger partial charge in [0, 0.05) is 5.56 Å². The lowest BCUT2D eigenvalue weighted by molar-refractivity contribution is 0.463. The average molecular weight is 405 g/mol. The number of furan rings is 1. The number of hydrogen-bond donors (Lipinski definition) is 0. The molecule has 4 aromatic rings. The van der Waals surface area contributed by atoms with Crippen LogP contribution < -0.4 is 0 Å². The maximum absolute atomic E-state index is 5.61. The van der Waals surface area contributed by atoms with Crippen molar-refractivity contribution in [3.8, 4) is 23.1 Å². The Morgan fingerprint density at radius 1 is 0.833 bits per heavy atom. The molecule has 3 heterocycles. The number of halogens is 1. The first-order valence-electron chi connectivity index (χ1n) is 6.88. The van der Waals surface area contributed by atoms with Gasteiger partial charge in [0.25, 0.3) is 11.1 Å². The quantitative estimate of drug-likeness (QED) is 0.451. The highest BCUT2D eigenvalue weighted by Gasteiger charge is 2.14. The highest BCUT2D eigenvalue weighted by atomic mass is 79.9. The highest BCUT2D eigenvalue weighted by Crippen LogP contribution is 2.27. The minimum Gasteiger partial charge on any atom is -0.444 e. The molecule has 24 heavy (non-hydrogen) atoms. The minimum atomic E-state index is 0.326. The fourth-order valence-corrected chi connectivity index (χ4v) is 2.84. The number of thioether (sulfide) groups is 1. The second-order valence-corrected chi connectivity index (χ2v) is 6.34. The van der Waals surface area contributed by atoms with Gasteiger partial charge in [-0.05, 0) is 40.2 Å². The van der Waals surface area contributed by atoms with Crippen LogP contribution in [0.1, 0.15) is 5.89 Å². The Labute approximate surface area is 148 Å². The molecule has 120 valence electrons. The van der Waals surface area contributed by atoms with Crippen molar-refractivity contribution in [3.05, 3.63) is 53.0 Å². The van der Waals surface area contributed by atoms with Crippen LogP contribution in [0.15, 0.2) is 65.6 Å². The number of aromatic nitrogens is 4. The van der Waals surface area contributed by atoms with Gasteiger partial charge in [-0.2, -0.15) is 0 Å². The Morgan fingerprint density at radius 3 is 2.46 bits per heavy atom. The highest BCUT2D eigenvalue weighted by molar-refractivity contribution is 9.10. The van der Waals surface area contributed by atoms with Crippen LogP contribution in [-0.4, -0.2) is 20.4 Å². The van der Waals surface area contributed by atoms with Crippen LogP contribution in [0.4, 0.5) is 0 Å². The van der Waals surface area contributed by atoms with Crippen LogP contribution in [0.3, 0.4) is 0 Å². The molecule has 0 radical (unpaired) electrons. The standard InChI is InChI=1S/C15H9BrN4O3S/c16-11-7-6-10(21-11)14-19-17-12(22-14)8-24-15-20-18-13(23-15)9-4-2-1-3-5-9/h1-7H,8H2. The molecule has 0 fully saturated rings. The molecule has 0 aliphatic carbocycles. The van der Waals surface area contributed by atoms with E-state index in [9.17, 15) is 0 Å². The SMILES string of the molecule is Brc1ccc(-c2nnc(CSc3nnc(-c4ccccc4)o3)o2)o1. The lowest BCUT2D eigenvalue weighted by atomic mass is 10.2. The summed E-state index contributed by atoms with van der Waals surface area (Å²) in [5.74, 6) is 2.18. The van der Waals surface area contributed by atoms with E-state index in [-0.39, 0.29) is 0 Å². The fourth-order valence-electron chi connectivity index (χ4n) is 1.93. The first-order valence-corrected chi connectivity index (χ1v) is 8.65. The third-order valence-corrected chi connectivity index (χ3v) is 4.23. The lowest BCUT2D eigenvalue weighted by Gasteiger charge is -1.92. The van der Waals surface area contributed by atoms with Crippen molar-refractivity contribution in [1.82, 2.24) is 20.4 Å². The van der Waals surface area contributed by atoms with Crippen molar-refractivity contribution in [2.75, 3.05) is 0 Å². The third kappa shape index (κ3) is 3.26. The van der Waals surface area contributed by atoms with Gasteiger partial charge in [0.15, 0.2) is 10.4 Å². The summed E-state index contributed by atoms with van der Waals surface area (Å²) in [4.78, 5) is 0. The van der Waals surface area contributed by atoms with Gasteiger partial charge in [-0.1, -0.05) is 30.0 Å². The zero-order valence-corrected chi connectivity index (χ0v) is 14.5. The molecule has 0 aliphatic rings. The summed E-state index contributed by atoms with van der Waals surface area (Å²) in [5.41, 5.74) is 0.875. The van der Waals surface area contributed by atoms with E-state index in [4.69, 9.17) is 13.3 Å². The first-order chi connectivity index (χ1) is 11.8. The molecular formula is C15H9BrN4O3S. The van der Waals surface area contributed by atoms with Gasteiger partial charge in [0.1, 0.15) is 0 Å². The molecule has 0 saturated heterocycles. The van der Waals surface area contributed by atoms with Crippen molar-refractivity contribution in [1.29, 1.82) is 0 Å². The predicted octanol–water partition coefficient (Wildman–Crippen LogP) is 4.43. The van der Waals surface area contributed by atoms with E-state index < -0.39 is 0 Å². The second-order valence-electron chi connectivity index (χ2n) is 4.63. The molecule has 7 nitrogen and oxygen atoms in total. The van der Waals surface area contributed by atoms with E-state index in [0.717, 1.165) is 5.56 Å². The third-order valence-electron chi connectivity index (χ3n) is 3.00. The van der Waals surface area contributed by atoms with Gasteiger partial charge in [-0.3, -0.25) is 0 Å². The molecule has 0 N–H and O–H groups in total. The Bertz CT molecular complexity index is 950. The van der Waals surface area contributed by atoms with E-state index >= 15 is 0 Å². The summed E-state index contributed by atoms with van der Waals surface area (Å²) in [6.45, 7) is 0. The number of rotatable bonds is 5. The molecular weight excluding hydrogens is 396 g/mol. The summed E-state index contributed by atoms with van der Waals surface area (Å²) in [7, 11) is 0. The smallest absolute Gasteiger partial charge is 0.283 e. The second kappa shape index (κ2) is 6.62. The summed E-state index contributed by atoms with van der Waals surface area (Å²) in [5, 5.41) is 16.4. The summed E-state index contributed by atoms with van der Waals surface area (Å²) < 4.78 is 17.1. The fraction of sp³-hybridized carbons (Fsp3) is 0.0667. The largest absolute Gasteiger partial charge is 0.444 e. The summed E-state index contributed by atoms with van der Waals surface area (Å²) in [6.07, 6.45) is 0. The van der Waals surface area contributed by atoms with Crippen molar-refractivity contribution < 1.29 is 13.3 Å². The molecule has 0 unspecified atom stereocenters. The predicted molar refractivity (Wildman–Crippen MR) is 89.0 cm³/mol. The molecule has 0 bridgehead atoms. The number of benzene rings is 1. The molecule has 3 aromatic heterocycles. The van der Waals surface area contributed by atoms with Crippen LogP contribution in [0.25, 0.3) is 23.1 Å². The average Bonchev–Trinajstić information content (AvgIpc) is 3.34. The molecule has 0 amide bonds. The number of nitrogens with zero attached hydrogens (tertiary/aromatic N) is 4. The molecule has 9 heteroatoms. The van der Waals surface area contributed by atoms with E-state index in [0.29, 0.717) is 39.1 Å². The van der Waals surface area contributed by atoms with E-state index in [1.807, 2.05) is 30.3 Å². The van der Waals surface area contributed by atoms with Crippen LogP contribution in [-0.2, 0) is 5.75 Å². The lowest BCUT2D eigenvalue weighted by Crippen LogP contribution is -1.80. The van der Waals surface area contributed by atoms with Gasteiger partial charge >= 0.3 is 0 Å². The maximum atomic E-state index is 5.61. The van der Waals surface area contributed by atoms with Crippen LogP contribution >= 0.6 is 27.7 Å². The van der Waals surface area contributed by atoms with Gasteiger partial charge in [0.05, 0.1) is 5.75 Å². The Balaban J connectivity index is 1.42. The Hall–Kier alpha value is -2.39. The Morgan fingerprint density at radius 2 is 1.67 bits per heavy atom. The normalized spacial score (nSPS) is 11.0. The van der Waals surface area contributed by atoms with Crippen LogP contribution in [0, 0.1) is 0 Å². The Kier molecular flexibility index (Phi) is 4.18. The molecule has 0 atom stereocenters. The van der Waals surface area contributed by atoms with Gasteiger partial charge in [-0.15, -0.1) is 20.4 Å². The molecule has 0 spiro atoms. The summed E-state index contributed by atoms with van der Waals surface area (Å²) in [6, 6.07) is 13.1. The molecule has 0 aliphatic heterocycles. The van der Waals surface area contributed by atoms with Crippen LogP contribution in [0.5, 0.6) is 0 Å². The van der Waals surface area contributed by atoms with Crippen molar-refractivity contribution in [3.63, 3.8) is 0 Å². The van der Waals surface area contributed by atoms with Crippen molar-refractivity contribution in [2.24, 2.45) is 0 Å². The molecule has 4 rings (SSSR count).